The fourth-order valence-electron chi connectivity index (χ4n) is 6.78. The molecule has 0 spiro atoms. The Balaban J connectivity index is 1.82. The summed E-state index contributed by atoms with van der Waals surface area (Å²) in [7, 11) is 0. The SMILES string of the molecule is Cc1ccc(NC(=NC2CC(C)CCC2C(C)C)C(=NC2CC(C)CCC2C(C)C)Nc2ccc(C)cc2)cc1. The highest BCUT2D eigenvalue weighted by Crippen LogP contribution is 2.37. The van der Waals surface area contributed by atoms with Gasteiger partial charge in [-0.15, -0.1) is 0 Å². The average Bonchev–Trinajstić information content (AvgIpc) is 2.90. The highest BCUT2D eigenvalue weighted by Gasteiger charge is 2.33. The highest BCUT2D eigenvalue weighted by atomic mass is 15.1. The predicted molar refractivity (Wildman–Crippen MR) is 175 cm³/mol. The molecule has 0 aromatic heterocycles. The minimum absolute atomic E-state index is 0.285. The van der Waals surface area contributed by atoms with Crippen molar-refractivity contribution in [2.45, 2.75) is 106 Å². The lowest BCUT2D eigenvalue weighted by molar-refractivity contribution is 0.200. The Hall–Kier alpha value is -2.62. The van der Waals surface area contributed by atoms with Crippen molar-refractivity contribution < 1.29 is 0 Å². The zero-order valence-electron chi connectivity index (χ0n) is 26.4. The number of hydrogen-bond donors (Lipinski definition) is 2. The second-order valence-electron chi connectivity index (χ2n) is 13.7. The molecule has 2 N–H and O–H groups in total. The van der Waals surface area contributed by atoms with Crippen LogP contribution in [0.15, 0.2) is 58.5 Å². The Morgan fingerprint density at radius 2 is 0.950 bits per heavy atom. The number of amidine groups is 2. The van der Waals surface area contributed by atoms with Gasteiger partial charge in [0.1, 0.15) is 0 Å². The molecule has 4 rings (SSSR count). The van der Waals surface area contributed by atoms with Crippen LogP contribution in [0, 0.1) is 49.4 Å². The van der Waals surface area contributed by atoms with E-state index in [9.17, 15) is 0 Å². The van der Waals surface area contributed by atoms with E-state index in [0.29, 0.717) is 35.5 Å². The maximum absolute atomic E-state index is 5.59. The molecule has 2 saturated carbocycles. The number of rotatable bonds is 6. The van der Waals surface area contributed by atoms with Gasteiger partial charge in [-0.05, 0) is 99.3 Å². The summed E-state index contributed by atoms with van der Waals surface area (Å²) in [5.74, 6) is 5.55. The van der Waals surface area contributed by atoms with Gasteiger partial charge in [0.2, 0.25) is 0 Å². The quantitative estimate of drug-likeness (QED) is 0.282. The molecule has 4 heteroatoms. The van der Waals surface area contributed by atoms with E-state index in [1.54, 1.807) is 0 Å². The van der Waals surface area contributed by atoms with Gasteiger partial charge in [-0.3, -0.25) is 9.98 Å². The van der Waals surface area contributed by atoms with E-state index < -0.39 is 0 Å². The molecule has 0 bridgehead atoms. The van der Waals surface area contributed by atoms with E-state index in [4.69, 9.17) is 9.98 Å². The molecule has 2 fully saturated rings. The second-order valence-corrected chi connectivity index (χ2v) is 13.7. The number of aryl methyl sites for hydroxylation is 2. The summed E-state index contributed by atoms with van der Waals surface area (Å²) in [5.41, 5.74) is 4.63. The zero-order chi connectivity index (χ0) is 28.8. The molecule has 40 heavy (non-hydrogen) atoms. The monoisotopic (exact) mass is 542 g/mol. The molecule has 0 saturated heterocycles. The third-order valence-corrected chi connectivity index (χ3v) is 9.42. The Morgan fingerprint density at radius 1 is 0.600 bits per heavy atom. The van der Waals surface area contributed by atoms with Crippen molar-refractivity contribution in [1.82, 2.24) is 0 Å². The lowest BCUT2D eigenvalue weighted by atomic mass is 9.74. The first kappa shape index (κ1) is 30.3. The number of nitrogens with one attached hydrogen (secondary N) is 2. The Kier molecular flexibility index (Phi) is 10.5. The van der Waals surface area contributed by atoms with Crippen molar-refractivity contribution in [3.63, 3.8) is 0 Å². The molecular weight excluding hydrogens is 488 g/mol. The van der Waals surface area contributed by atoms with Crippen molar-refractivity contribution in [3.05, 3.63) is 59.7 Å². The van der Waals surface area contributed by atoms with Gasteiger partial charge in [0.15, 0.2) is 11.7 Å². The normalized spacial score (nSPS) is 28.1. The summed E-state index contributed by atoms with van der Waals surface area (Å²) in [4.78, 5) is 11.2. The zero-order valence-corrected chi connectivity index (χ0v) is 26.4. The molecule has 2 aromatic carbocycles. The maximum atomic E-state index is 5.59. The third kappa shape index (κ3) is 8.21. The number of anilines is 2. The van der Waals surface area contributed by atoms with E-state index >= 15 is 0 Å². The van der Waals surface area contributed by atoms with E-state index in [1.807, 2.05) is 0 Å². The molecule has 4 nitrogen and oxygen atoms in total. The summed E-state index contributed by atoms with van der Waals surface area (Å²) >= 11 is 0. The molecule has 2 aliphatic rings. The van der Waals surface area contributed by atoms with Crippen molar-refractivity contribution in [1.29, 1.82) is 0 Å². The number of hydrogen-bond acceptors (Lipinski definition) is 2. The van der Waals surface area contributed by atoms with Crippen molar-refractivity contribution in [2.75, 3.05) is 10.6 Å². The van der Waals surface area contributed by atoms with Crippen molar-refractivity contribution in [3.8, 4) is 0 Å². The molecule has 6 atom stereocenters. The van der Waals surface area contributed by atoms with Crippen molar-refractivity contribution >= 4 is 23.0 Å². The highest BCUT2D eigenvalue weighted by molar-refractivity contribution is 6.48. The van der Waals surface area contributed by atoms with Crippen LogP contribution in [0.2, 0.25) is 0 Å². The maximum Gasteiger partial charge on any atom is 0.169 e. The Morgan fingerprint density at radius 3 is 1.27 bits per heavy atom. The lowest BCUT2D eigenvalue weighted by Crippen LogP contribution is -2.39. The molecule has 0 aliphatic heterocycles. The molecule has 2 aromatic rings. The second kappa shape index (κ2) is 13.8. The van der Waals surface area contributed by atoms with Crippen LogP contribution in [0.3, 0.4) is 0 Å². The number of nitrogens with zero attached hydrogens (tertiary/aromatic N) is 2. The molecule has 218 valence electrons. The summed E-state index contributed by atoms with van der Waals surface area (Å²) in [6.45, 7) is 18.5. The molecule has 0 heterocycles. The van der Waals surface area contributed by atoms with Crippen LogP contribution in [0.1, 0.15) is 91.2 Å². The van der Waals surface area contributed by atoms with E-state index in [2.05, 4.69) is 115 Å². The van der Waals surface area contributed by atoms with E-state index in [1.165, 1.54) is 36.8 Å². The van der Waals surface area contributed by atoms with E-state index in [0.717, 1.165) is 35.9 Å². The Bertz CT molecular complexity index is 1040. The first-order chi connectivity index (χ1) is 19.1. The Labute approximate surface area is 244 Å². The number of benzene rings is 2. The van der Waals surface area contributed by atoms with Crippen LogP contribution >= 0.6 is 0 Å². The van der Waals surface area contributed by atoms with Crippen LogP contribution in [0.4, 0.5) is 11.4 Å². The van der Waals surface area contributed by atoms with Gasteiger partial charge in [0.05, 0.1) is 12.1 Å². The smallest absolute Gasteiger partial charge is 0.169 e. The van der Waals surface area contributed by atoms with Crippen LogP contribution < -0.4 is 10.6 Å². The van der Waals surface area contributed by atoms with Crippen LogP contribution in [-0.2, 0) is 0 Å². The van der Waals surface area contributed by atoms with Gasteiger partial charge in [-0.25, -0.2) is 0 Å². The van der Waals surface area contributed by atoms with Gasteiger partial charge in [0, 0.05) is 11.4 Å². The minimum Gasteiger partial charge on any atom is -0.337 e. The first-order valence-corrected chi connectivity index (χ1v) is 15.9. The minimum atomic E-state index is 0.285. The molecule has 2 aliphatic carbocycles. The van der Waals surface area contributed by atoms with Crippen LogP contribution in [0.5, 0.6) is 0 Å². The molecule has 0 amide bonds. The van der Waals surface area contributed by atoms with Crippen LogP contribution in [0.25, 0.3) is 0 Å². The van der Waals surface area contributed by atoms with Gasteiger partial charge in [0.25, 0.3) is 0 Å². The lowest BCUT2D eigenvalue weighted by Gasteiger charge is -2.36. The molecular formula is C36H54N4. The standard InChI is InChI=1S/C36H54N4/c1-23(2)31-19-13-27(7)21-33(31)39-35(37-29-15-9-25(5)10-16-29)36(38-30-17-11-26(6)12-18-30)40-34-22-28(8)14-20-32(34)24(3)4/h9-12,15-18,23-24,27-28,31-34H,13-14,19-22H2,1-8H3,(H,37,39)(H,38,40). The topological polar surface area (TPSA) is 48.8 Å². The first-order valence-electron chi connectivity index (χ1n) is 15.9. The summed E-state index contributed by atoms with van der Waals surface area (Å²) in [5, 5.41) is 7.52. The number of aliphatic imine (C=N–C) groups is 2. The average molecular weight is 543 g/mol. The van der Waals surface area contributed by atoms with Gasteiger partial charge in [-0.1, -0.05) is 89.8 Å². The molecule has 6 unspecified atom stereocenters. The van der Waals surface area contributed by atoms with Gasteiger partial charge < -0.3 is 10.6 Å². The van der Waals surface area contributed by atoms with Gasteiger partial charge in [-0.2, -0.15) is 0 Å². The fourth-order valence-corrected chi connectivity index (χ4v) is 6.78. The summed E-state index contributed by atoms with van der Waals surface area (Å²) < 4.78 is 0. The van der Waals surface area contributed by atoms with Crippen molar-refractivity contribution in [2.24, 2.45) is 45.5 Å². The molecule has 0 radical (unpaired) electrons. The summed E-state index contributed by atoms with van der Waals surface area (Å²) in [6, 6.07) is 17.9. The third-order valence-electron chi connectivity index (χ3n) is 9.42. The van der Waals surface area contributed by atoms with Gasteiger partial charge >= 0.3 is 0 Å². The largest absolute Gasteiger partial charge is 0.337 e. The fraction of sp³-hybridized carbons (Fsp3) is 0.611. The van der Waals surface area contributed by atoms with E-state index in [-0.39, 0.29) is 12.1 Å². The predicted octanol–water partition coefficient (Wildman–Crippen LogP) is 9.55. The summed E-state index contributed by atoms with van der Waals surface area (Å²) in [6.07, 6.45) is 7.36. The van der Waals surface area contributed by atoms with Crippen LogP contribution in [-0.4, -0.2) is 23.8 Å².